The summed E-state index contributed by atoms with van der Waals surface area (Å²) < 4.78 is 36.2. The Morgan fingerprint density at radius 2 is 2.00 bits per heavy atom. The lowest BCUT2D eigenvalue weighted by molar-refractivity contribution is 0.166. The molecule has 0 saturated carbocycles. The van der Waals surface area contributed by atoms with Crippen molar-refractivity contribution in [3.05, 3.63) is 45.5 Å². The van der Waals surface area contributed by atoms with E-state index >= 15 is 0 Å². The van der Waals surface area contributed by atoms with Crippen LogP contribution in [-0.4, -0.2) is 56.5 Å². The third-order valence-corrected chi connectivity index (χ3v) is 8.10. The van der Waals surface area contributed by atoms with Crippen LogP contribution in [0.2, 0.25) is 6.32 Å². The predicted octanol–water partition coefficient (Wildman–Crippen LogP) is 3.20. The van der Waals surface area contributed by atoms with Gasteiger partial charge in [0.25, 0.3) is 0 Å². The first kappa shape index (κ1) is 23.1. The summed E-state index contributed by atoms with van der Waals surface area (Å²) in [6.07, 6.45) is 3.94. The lowest BCUT2D eigenvalue weighted by atomic mass is 9.74. The molecule has 0 spiro atoms. The number of sulfone groups is 1. The number of hydrogen-bond donors (Lipinski definition) is 2. The number of aryl methyl sites for hydroxylation is 2. The highest BCUT2D eigenvalue weighted by Gasteiger charge is 2.48. The van der Waals surface area contributed by atoms with Crippen molar-refractivity contribution in [3.63, 3.8) is 0 Å². The first-order chi connectivity index (χ1) is 14.2. The van der Waals surface area contributed by atoms with Crippen LogP contribution in [0.15, 0.2) is 28.9 Å². The number of fused-ring (bicyclic) bond motifs is 1. The van der Waals surface area contributed by atoms with Gasteiger partial charge in [-0.3, -0.25) is 0 Å². The van der Waals surface area contributed by atoms with Crippen LogP contribution in [0.1, 0.15) is 42.9 Å². The SMILES string of the molecule is CC/C(=C\c1cc(C)c(O)c(C)c1)CC[C@H]1OB(O)C[C@H]2C1=C(COC)CS2(=O)=O. The minimum absolute atomic E-state index is 0.0179. The van der Waals surface area contributed by atoms with Gasteiger partial charge in [-0.15, -0.1) is 0 Å². The van der Waals surface area contributed by atoms with E-state index in [2.05, 4.69) is 13.0 Å². The molecule has 2 atom stereocenters. The monoisotopic (exact) mass is 434 g/mol. The molecule has 0 unspecified atom stereocenters. The van der Waals surface area contributed by atoms with E-state index in [1.807, 2.05) is 26.0 Å². The fourth-order valence-corrected chi connectivity index (χ4v) is 6.66. The van der Waals surface area contributed by atoms with E-state index in [-0.39, 0.29) is 18.7 Å². The standard InChI is InChI=1S/C22H31BO6S/c1-5-16(10-17-8-14(2)22(24)15(3)9-17)6-7-19-21-18(12-28-4)13-30(26,27)20(21)11-23(25)29-19/h8-10,19-20,24-25H,5-7,11-13H2,1-4H3/b16-10+/t19-,20+/m1/s1. The number of rotatable bonds is 7. The summed E-state index contributed by atoms with van der Waals surface area (Å²) in [5.74, 6) is 0.302. The van der Waals surface area contributed by atoms with Gasteiger partial charge in [-0.2, -0.15) is 0 Å². The molecule has 2 heterocycles. The fourth-order valence-electron chi connectivity index (χ4n) is 4.56. The summed E-state index contributed by atoms with van der Waals surface area (Å²) in [7, 11) is -2.84. The highest BCUT2D eigenvalue weighted by molar-refractivity contribution is 7.92. The normalized spacial score (nSPS) is 23.8. The largest absolute Gasteiger partial charge is 0.507 e. The predicted molar refractivity (Wildman–Crippen MR) is 119 cm³/mol. The Kier molecular flexibility index (Phi) is 7.12. The second-order valence-corrected chi connectivity index (χ2v) is 10.5. The molecule has 8 heteroatoms. The quantitative estimate of drug-likeness (QED) is 0.506. The van der Waals surface area contributed by atoms with Gasteiger partial charge < -0.3 is 19.5 Å². The minimum atomic E-state index is -3.32. The smallest absolute Gasteiger partial charge is 0.456 e. The maximum absolute atomic E-state index is 12.6. The van der Waals surface area contributed by atoms with Gasteiger partial charge >= 0.3 is 7.12 Å². The minimum Gasteiger partial charge on any atom is -0.507 e. The Balaban J connectivity index is 1.82. The van der Waals surface area contributed by atoms with Crippen LogP contribution in [0, 0.1) is 13.8 Å². The number of allylic oxidation sites excluding steroid dienone is 1. The molecule has 1 saturated heterocycles. The van der Waals surface area contributed by atoms with Crippen LogP contribution in [-0.2, 0) is 19.2 Å². The van der Waals surface area contributed by atoms with Crippen molar-refractivity contribution < 1.29 is 27.9 Å². The van der Waals surface area contributed by atoms with E-state index < -0.39 is 28.3 Å². The number of benzene rings is 1. The molecule has 30 heavy (non-hydrogen) atoms. The molecule has 1 aromatic rings. The molecule has 3 rings (SSSR count). The van der Waals surface area contributed by atoms with Gasteiger partial charge in [0.2, 0.25) is 0 Å². The van der Waals surface area contributed by atoms with E-state index in [4.69, 9.17) is 9.39 Å². The zero-order valence-electron chi connectivity index (χ0n) is 18.1. The van der Waals surface area contributed by atoms with Crippen molar-refractivity contribution in [1.82, 2.24) is 0 Å². The highest BCUT2D eigenvalue weighted by atomic mass is 32.2. The van der Waals surface area contributed by atoms with Crippen molar-refractivity contribution >= 4 is 23.0 Å². The van der Waals surface area contributed by atoms with Gasteiger partial charge in [0.15, 0.2) is 9.84 Å². The summed E-state index contributed by atoms with van der Waals surface area (Å²) in [6, 6.07) is 3.91. The lowest BCUT2D eigenvalue weighted by Crippen LogP contribution is -2.42. The zero-order chi connectivity index (χ0) is 22.1. The molecule has 2 aliphatic heterocycles. The van der Waals surface area contributed by atoms with E-state index in [1.165, 1.54) is 5.57 Å². The Morgan fingerprint density at radius 1 is 1.33 bits per heavy atom. The van der Waals surface area contributed by atoms with Crippen molar-refractivity contribution in [1.29, 1.82) is 0 Å². The number of aromatic hydroxyl groups is 1. The van der Waals surface area contributed by atoms with Crippen LogP contribution in [0.5, 0.6) is 5.75 Å². The van der Waals surface area contributed by atoms with Gasteiger partial charge in [-0.1, -0.05) is 18.6 Å². The van der Waals surface area contributed by atoms with Crippen LogP contribution in [0.25, 0.3) is 6.08 Å². The van der Waals surface area contributed by atoms with E-state index in [9.17, 15) is 18.5 Å². The second-order valence-electron chi connectivity index (χ2n) is 8.30. The number of methoxy groups -OCH3 is 1. The van der Waals surface area contributed by atoms with Crippen LogP contribution >= 0.6 is 0 Å². The Hall–Kier alpha value is -1.61. The topological polar surface area (TPSA) is 93.1 Å². The molecule has 1 aromatic carbocycles. The zero-order valence-corrected chi connectivity index (χ0v) is 19.0. The number of hydrogen-bond acceptors (Lipinski definition) is 6. The van der Waals surface area contributed by atoms with Gasteiger partial charge in [0.05, 0.1) is 23.7 Å². The third kappa shape index (κ3) is 4.83. The van der Waals surface area contributed by atoms with Gasteiger partial charge in [0.1, 0.15) is 5.75 Å². The van der Waals surface area contributed by atoms with E-state index in [0.717, 1.165) is 40.7 Å². The van der Waals surface area contributed by atoms with Crippen molar-refractivity contribution in [2.24, 2.45) is 0 Å². The average Bonchev–Trinajstić information content (AvgIpc) is 2.93. The lowest BCUT2D eigenvalue weighted by Gasteiger charge is -2.32. The number of phenolic OH excluding ortho intramolecular Hbond substituents is 1. The number of ether oxygens (including phenoxy) is 1. The third-order valence-electron chi connectivity index (χ3n) is 6.03. The maximum atomic E-state index is 12.6. The summed E-state index contributed by atoms with van der Waals surface area (Å²) >= 11 is 0. The van der Waals surface area contributed by atoms with Crippen molar-refractivity contribution in [3.8, 4) is 5.75 Å². The molecule has 1 fully saturated rings. The summed E-state index contributed by atoms with van der Waals surface area (Å²) in [4.78, 5) is 0. The molecule has 2 aliphatic rings. The average molecular weight is 434 g/mol. The molecule has 6 nitrogen and oxygen atoms in total. The molecule has 0 aromatic heterocycles. The van der Waals surface area contributed by atoms with Crippen LogP contribution in [0.3, 0.4) is 0 Å². The Bertz CT molecular complexity index is 943. The summed E-state index contributed by atoms with van der Waals surface area (Å²) in [6.45, 7) is 6.12. The van der Waals surface area contributed by atoms with E-state index in [1.54, 1.807) is 7.11 Å². The first-order valence-electron chi connectivity index (χ1n) is 10.4. The fraction of sp³-hybridized carbons (Fsp3) is 0.545. The summed E-state index contributed by atoms with van der Waals surface area (Å²) in [5.41, 5.74) is 5.46. The highest BCUT2D eigenvalue weighted by Crippen LogP contribution is 2.39. The Labute approximate surface area is 179 Å². The molecule has 2 N–H and O–H groups in total. The summed E-state index contributed by atoms with van der Waals surface area (Å²) in [5, 5.41) is 19.5. The van der Waals surface area contributed by atoms with Gasteiger partial charge in [-0.25, -0.2) is 8.42 Å². The maximum Gasteiger partial charge on any atom is 0.456 e. The van der Waals surface area contributed by atoms with Crippen molar-refractivity contribution in [2.45, 2.75) is 57.7 Å². The van der Waals surface area contributed by atoms with Crippen molar-refractivity contribution in [2.75, 3.05) is 19.5 Å². The molecule has 0 radical (unpaired) electrons. The second kappa shape index (κ2) is 9.26. The molecule has 0 bridgehead atoms. The molecule has 164 valence electrons. The first-order valence-corrected chi connectivity index (χ1v) is 12.1. The van der Waals surface area contributed by atoms with E-state index in [0.29, 0.717) is 12.2 Å². The number of phenols is 1. The van der Waals surface area contributed by atoms with Crippen LogP contribution in [0.4, 0.5) is 0 Å². The Morgan fingerprint density at radius 3 is 2.60 bits per heavy atom. The molecular weight excluding hydrogens is 403 g/mol. The van der Waals surface area contributed by atoms with Gasteiger partial charge in [-0.05, 0) is 73.1 Å². The molecule has 0 aliphatic carbocycles. The molecule has 0 amide bonds. The van der Waals surface area contributed by atoms with Gasteiger partial charge in [0, 0.05) is 13.4 Å². The molecular formula is C22H31BO6S. The van der Waals surface area contributed by atoms with Crippen LogP contribution < -0.4 is 0 Å².